The van der Waals surface area contributed by atoms with Gasteiger partial charge < -0.3 is 10.4 Å². The maximum atomic E-state index is 12.9. The Morgan fingerprint density at radius 1 is 1.00 bits per heavy atom. The van der Waals surface area contributed by atoms with Gasteiger partial charge in [0.2, 0.25) is 5.91 Å². The van der Waals surface area contributed by atoms with Gasteiger partial charge >= 0.3 is 5.97 Å². The van der Waals surface area contributed by atoms with Gasteiger partial charge in [-0.1, -0.05) is 45.9 Å². The van der Waals surface area contributed by atoms with E-state index in [9.17, 15) is 14.7 Å². The predicted octanol–water partition coefficient (Wildman–Crippen LogP) is 5.28. The van der Waals surface area contributed by atoms with E-state index < -0.39 is 17.8 Å². The Labute approximate surface area is 161 Å². The number of halogens is 3. The number of amides is 1. The molecule has 4 unspecified atom stereocenters. The van der Waals surface area contributed by atoms with Gasteiger partial charge in [-0.05, 0) is 50.7 Å². The molecule has 1 aromatic rings. The van der Waals surface area contributed by atoms with Crippen LogP contribution in [0, 0.1) is 23.7 Å². The third-order valence-electron chi connectivity index (χ3n) is 5.27. The fourth-order valence-corrected chi connectivity index (χ4v) is 5.03. The summed E-state index contributed by atoms with van der Waals surface area (Å²) in [6, 6.07) is 2.94. The summed E-state index contributed by atoms with van der Waals surface area (Å²) in [5.74, 6) is -2.66. The molecule has 3 rings (SSSR count). The Balaban J connectivity index is 1.93. The van der Waals surface area contributed by atoms with Crippen molar-refractivity contribution in [2.24, 2.45) is 23.7 Å². The molecule has 134 valence electrons. The van der Waals surface area contributed by atoms with E-state index in [2.05, 4.69) is 5.32 Å². The normalized spacial score (nSPS) is 27.5. The lowest BCUT2D eigenvalue weighted by molar-refractivity contribution is -0.148. The van der Waals surface area contributed by atoms with E-state index in [1.165, 1.54) is 12.1 Å². The topological polar surface area (TPSA) is 66.4 Å². The minimum Gasteiger partial charge on any atom is -0.481 e. The Morgan fingerprint density at radius 3 is 2.12 bits per heavy atom. The van der Waals surface area contributed by atoms with Crippen molar-refractivity contribution >= 4 is 52.4 Å². The van der Waals surface area contributed by atoms with Gasteiger partial charge in [-0.25, -0.2) is 0 Å². The number of carbonyl (C=O) groups excluding carboxylic acids is 1. The summed E-state index contributed by atoms with van der Waals surface area (Å²) < 4.78 is 0. The molecule has 25 heavy (non-hydrogen) atoms. The molecule has 0 spiro atoms. The van der Waals surface area contributed by atoms with E-state index in [-0.39, 0.29) is 27.8 Å². The van der Waals surface area contributed by atoms with Crippen molar-refractivity contribution in [1.29, 1.82) is 0 Å². The van der Waals surface area contributed by atoms with Crippen LogP contribution < -0.4 is 5.32 Å². The Kier molecular flexibility index (Phi) is 5.06. The molecule has 2 fully saturated rings. The molecule has 2 saturated carbocycles. The second-order valence-corrected chi connectivity index (χ2v) is 8.09. The minimum absolute atomic E-state index is 0.0300. The van der Waals surface area contributed by atoms with Crippen molar-refractivity contribution in [2.75, 3.05) is 5.32 Å². The van der Waals surface area contributed by atoms with Crippen molar-refractivity contribution in [2.45, 2.75) is 26.7 Å². The average molecular weight is 403 g/mol. The highest BCUT2D eigenvalue weighted by atomic mass is 35.5. The third kappa shape index (κ3) is 3.16. The van der Waals surface area contributed by atoms with Crippen LogP contribution in [0.1, 0.15) is 26.7 Å². The number of hydrogen-bond donors (Lipinski definition) is 2. The predicted molar refractivity (Wildman–Crippen MR) is 99.3 cm³/mol. The number of carboxylic acids is 1. The van der Waals surface area contributed by atoms with E-state index in [0.717, 1.165) is 24.0 Å². The van der Waals surface area contributed by atoms with Crippen molar-refractivity contribution in [3.05, 3.63) is 38.3 Å². The number of nitrogens with one attached hydrogen (secondary N) is 1. The first-order chi connectivity index (χ1) is 11.7. The minimum atomic E-state index is -0.925. The summed E-state index contributed by atoms with van der Waals surface area (Å²) in [7, 11) is 0. The summed E-state index contributed by atoms with van der Waals surface area (Å²) in [6.45, 7) is 3.96. The Hall–Kier alpha value is -1.23. The largest absolute Gasteiger partial charge is 0.481 e. The van der Waals surface area contributed by atoms with Gasteiger partial charge in [-0.15, -0.1) is 0 Å². The number of hydrogen-bond acceptors (Lipinski definition) is 2. The summed E-state index contributed by atoms with van der Waals surface area (Å²) in [4.78, 5) is 24.7. The first-order valence-corrected chi connectivity index (χ1v) is 9.21. The van der Waals surface area contributed by atoms with Crippen LogP contribution in [0.3, 0.4) is 0 Å². The van der Waals surface area contributed by atoms with E-state index in [0.29, 0.717) is 10.7 Å². The maximum Gasteiger partial charge on any atom is 0.307 e. The van der Waals surface area contributed by atoms with Gasteiger partial charge in [0.1, 0.15) is 0 Å². The number of rotatable bonds is 3. The van der Waals surface area contributed by atoms with Gasteiger partial charge in [0.05, 0.1) is 32.6 Å². The molecular weight excluding hydrogens is 385 g/mol. The average Bonchev–Trinajstić information content (AvgIpc) is 3.08. The molecule has 0 aromatic heterocycles. The second kappa shape index (κ2) is 6.82. The fraction of sp³-hybridized carbons (Fsp3) is 0.444. The van der Waals surface area contributed by atoms with Crippen LogP contribution in [0.15, 0.2) is 23.3 Å². The molecule has 0 aliphatic heterocycles. The molecule has 2 bridgehead atoms. The SMILES string of the molecule is CC(C)=C1C2CCC1C(C(=O)Nc1cc(Cl)c(Cl)cc1Cl)C2C(=O)O. The number of carboxylic acid groups (broad SMARTS) is 1. The quantitative estimate of drug-likeness (QED) is 0.534. The molecule has 4 atom stereocenters. The third-order valence-corrected chi connectivity index (χ3v) is 6.31. The number of fused-ring (bicyclic) bond motifs is 2. The summed E-state index contributed by atoms with van der Waals surface area (Å²) in [5, 5.41) is 13.3. The smallest absolute Gasteiger partial charge is 0.307 e. The lowest BCUT2D eigenvalue weighted by Crippen LogP contribution is -2.37. The van der Waals surface area contributed by atoms with Crippen LogP contribution >= 0.6 is 34.8 Å². The van der Waals surface area contributed by atoms with Gasteiger partial charge in [-0.3, -0.25) is 9.59 Å². The van der Waals surface area contributed by atoms with Crippen molar-refractivity contribution in [1.82, 2.24) is 0 Å². The zero-order valence-corrected chi connectivity index (χ0v) is 16.0. The van der Waals surface area contributed by atoms with Crippen LogP contribution in [0.2, 0.25) is 15.1 Å². The van der Waals surface area contributed by atoms with E-state index in [1.54, 1.807) is 0 Å². The monoisotopic (exact) mass is 401 g/mol. The van der Waals surface area contributed by atoms with Gasteiger partial charge in [0.25, 0.3) is 0 Å². The first-order valence-electron chi connectivity index (χ1n) is 8.07. The van der Waals surface area contributed by atoms with Gasteiger partial charge in [0.15, 0.2) is 0 Å². The van der Waals surface area contributed by atoms with E-state index in [4.69, 9.17) is 34.8 Å². The number of aliphatic carboxylic acids is 1. The zero-order valence-electron chi connectivity index (χ0n) is 13.8. The number of benzene rings is 1. The summed E-state index contributed by atoms with van der Waals surface area (Å²) >= 11 is 18.0. The van der Waals surface area contributed by atoms with Crippen molar-refractivity contribution < 1.29 is 14.7 Å². The van der Waals surface area contributed by atoms with Crippen LogP contribution in [0.5, 0.6) is 0 Å². The van der Waals surface area contributed by atoms with Crippen LogP contribution in [0.25, 0.3) is 0 Å². The van der Waals surface area contributed by atoms with Gasteiger partial charge in [0, 0.05) is 0 Å². The number of allylic oxidation sites excluding steroid dienone is 2. The highest BCUT2D eigenvalue weighted by molar-refractivity contribution is 6.44. The maximum absolute atomic E-state index is 12.9. The molecule has 1 aromatic carbocycles. The molecule has 7 heteroatoms. The molecule has 2 aliphatic carbocycles. The molecule has 0 saturated heterocycles. The molecule has 2 N–H and O–H groups in total. The molecule has 0 heterocycles. The Bertz CT molecular complexity index is 786. The van der Waals surface area contributed by atoms with Crippen LogP contribution in [0.4, 0.5) is 5.69 Å². The first kappa shape index (κ1) is 18.6. The van der Waals surface area contributed by atoms with Crippen LogP contribution in [-0.4, -0.2) is 17.0 Å². The van der Waals surface area contributed by atoms with Gasteiger partial charge in [-0.2, -0.15) is 0 Å². The zero-order chi connectivity index (χ0) is 18.5. The Morgan fingerprint density at radius 2 is 1.56 bits per heavy atom. The van der Waals surface area contributed by atoms with Crippen molar-refractivity contribution in [3.8, 4) is 0 Å². The second-order valence-electron chi connectivity index (χ2n) is 6.87. The lowest BCUT2D eigenvalue weighted by atomic mass is 9.78. The number of carbonyl (C=O) groups is 2. The van der Waals surface area contributed by atoms with E-state index >= 15 is 0 Å². The molecule has 2 aliphatic rings. The molecule has 1 amide bonds. The lowest BCUT2D eigenvalue weighted by Gasteiger charge is -2.26. The summed E-state index contributed by atoms with van der Waals surface area (Å²) in [5.41, 5.74) is 2.58. The number of anilines is 1. The molecule has 0 radical (unpaired) electrons. The molecule has 4 nitrogen and oxygen atoms in total. The fourth-order valence-electron chi connectivity index (χ4n) is 4.44. The summed E-state index contributed by atoms with van der Waals surface area (Å²) in [6.07, 6.45) is 1.65. The standard InChI is InChI=1S/C18H18Cl3NO3/c1-7(2)14-8-3-4-9(14)16(18(24)25)15(8)17(23)22-13-6-11(20)10(19)5-12(13)21/h5-6,8-9,15-16H,3-4H2,1-2H3,(H,22,23)(H,24,25). The van der Waals surface area contributed by atoms with Crippen LogP contribution in [-0.2, 0) is 9.59 Å². The van der Waals surface area contributed by atoms with E-state index in [1.807, 2.05) is 13.8 Å². The van der Waals surface area contributed by atoms with Crippen molar-refractivity contribution in [3.63, 3.8) is 0 Å². The molecular formula is C18H18Cl3NO3. The highest BCUT2D eigenvalue weighted by Crippen LogP contribution is 2.57. The highest BCUT2D eigenvalue weighted by Gasteiger charge is 2.57.